The highest BCUT2D eigenvalue weighted by molar-refractivity contribution is 5.85. The van der Waals surface area contributed by atoms with Crippen LogP contribution in [0.2, 0.25) is 0 Å². The van der Waals surface area contributed by atoms with Gasteiger partial charge in [0.25, 0.3) is 0 Å². The van der Waals surface area contributed by atoms with Crippen molar-refractivity contribution in [3.05, 3.63) is 41.6 Å². The van der Waals surface area contributed by atoms with E-state index in [1.165, 1.54) is 43.4 Å². The number of aromatic nitrogens is 1. The summed E-state index contributed by atoms with van der Waals surface area (Å²) in [5, 5.41) is 4.74. The van der Waals surface area contributed by atoms with Crippen LogP contribution < -0.4 is 5.32 Å². The Morgan fingerprint density at radius 2 is 1.96 bits per heavy atom. The van der Waals surface area contributed by atoms with E-state index >= 15 is 0 Å². The molecule has 2 heterocycles. The smallest absolute Gasteiger partial charge is 0.0705 e. The summed E-state index contributed by atoms with van der Waals surface area (Å²) in [5.41, 5.74) is 3.60. The van der Waals surface area contributed by atoms with E-state index in [-0.39, 0.29) is 12.4 Å². The quantitative estimate of drug-likeness (QED) is 0.902. The zero-order valence-corrected chi connectivity index (χ0v) is 15.0. The average molecular weight is 334 g/mol. The van der Waals surface area contributed by atoms with Crippen molar-refractivity contribution in [2.45, 2.75) is 33.2 Å². The molecule has 0 saturated carbocycles. The van der Waals surface area contributed by atoms with Gasteiger partial charge in [0.2, 0.25) is 0 Å². The molecule has 126 valence electrons. The number of halogens is 1. The number of nitrogens with zero attached hydrogens (tertiary/aromatic N) is 2. The largest absolute Gasteiger partial charge is 0.317 e. The summed E-state index contributed by atoms with van der Waals surface area (Å²) in [7, 11) is 0. The molecule has 2 aromatic rings. The molecule has 1 aliphatic rings. The van der Waals surface area contributed by atoms with E-state index in [1.807, 2.05) is 6.92 Å². The summed E-state index contributed by atoms with van der Waals surface area (Å²) < 4.78 is 0. The van der Waals surface area contributed by atoms with Crippen LogP contribution in [-0.4, -0.2) is 36.1 Å². The third kappa shape index (κ3) is 4.90. The summed E-state index contributed by atoms with van der Waals surface area (Å²) in [6, 6.07) is 11.0. The third-order valence-corrected chi connectivity index (χ3v) is 4.69. The highest BCUT2D eigenvalue weighted by Gasteiger charge is 2.18. The Bertz CT molecular complexity index is 621. The Morgan fingerprint density at radius 3 is 2.70 bits per heavy atom. The molecule has 1 aromatic carbocycles. The minimum Gasteiger partial charge on any atom is -0.317 e. The van der Waals surface area contributed by atoms with Gasteiger partial charge in [-0.05, 0) is 75.6 Å². The first-order valence-electron chi connectivity index (χ1n) is 8.54. The molecule has 0 atom stereocenters. The lowest BCUT2D eigenvalue weighted by Crippen LogP contribution is -2.36. The first-order valence-corrected chi connectivity index (χ1v) is 8.54. The van der Waals surface area contributed by atoms with Gasteiger partial charge in [-0.2, -0.15) is 0 Å². The molecule has 0 bridgehead atoms. The number of nitrogens with one attached hydrogen (secondary N) is 1. The Hall–Kier alpha value is -1.16. The van der Waals surface area contributed by atoms with Crippen molar-refractivity contribution in [1.82, 2.24) is 15.2 Å². The second-order valence-corrected chi connectivity index (χ2v) is 6.51. The lowest BCUT2D eigenvalue weighted by Gasteiger charge is -2.32. The molecule has 1 fully saturated rings. The molecule has 0 aliphatic carbocycles. The lowest BCUT2D eigenvalue weighted by atomic mass is 9.96. The van der Waals surface area contributed by atoms with Crippen molar-refractivity contribution in [2.75, 3.05) is 26.2 Å². The number of likely N-dealkylation sites (tertiary alicyclic amines) is 1. The second kappa shape index (κ2) is 8.62. The number of hydrogen-bond acceptors (Lipinski definition) is 3. The Labute approximate surface area is 145 Å². The maximum Gasteiger partial charge on any atom is 0.0705 e. The fraction of sp³-hybridized carbons (Fsp3) is 0.526. The molecule has 0 unspecified atom stereocenters. The van der Waals surface area contributed by atoms with Gasteiger partial charge in [-0.25, -0.2) is 0 Å². The standard InChI is InChI=1S/C19H27N3.ClH/c1-3-20-13-16-8-10-22(11-9-16)14-17-5-7-19-18(12-17)6-4-15(2)21-19;/h4-7,12,16,20H,3,8-11,13-14H2,1-2H3;1H. The zero-order chi connectivity index (χ0) is 15.4. The van der Waals surface area contributed by atoms with E-state index in [0.717, 1.165) is 30.2 Å². The molecule has 0 spiro atoms. The minimum absolute atomic E-state index is 0. The molecule has 3 nitrogen and oxygen atoms in total. The fourth-order valence-electron chi connectivity index (χ4n) is 3.33. The second-order valence-electron chi connectivity index (χ2n) is 6.51. The average Bonchev–Trinajstić information content (AvgIpc) is 2.54. The van der Waals surface area contributed by atoms with Crippen LogP contribution in [0.25, 0.3) is 10.9 Å². The minimum atomic E-state index is 0. The van der Waals surface area contributed by atoms with Crippen LogP contribution in [-0.2, 0) is 6.54 Å². The molecule has 1 aromatic heterocycles. The third-order valence-electron chi connectivity index (χ3n) is 4.69. The summed E-state index contributed by atoms with van der Waals surface area (Å²) in [6.45, 7) is 10.0. The number of pyridine rings is 1. The van der Waals surface area contributed by atoms with Gasteiger partial charge in [0.05, 0.1) is 5.52 Å². The van der Waals surface area contributed by atoms with Gasteiger partial charge in [0.1, 0.15) is 0 Å². The van der Waals surface area contributed by atoms with E-state index in [2.05, 4.69) is 52.5 Å². The zero-order valence-electron chi connectivity index (χ0n) is 14.2. The summed E-state index contributed by atoms with van der Waals surface area (Å²) in [5.74, 6) is 0.861. The highest BCUT2D eigenvalue weighted by Crippen LogP contribution is 2.20. The van der Waals surface area contributed by atoms with Crippen molar-refractivity contribution in [1.29, 1.82) is 0 Å². The van der Waals surface area contributed by atoms with Crippen LogP contribution in [0.15, 0.2) is 30.3 Å². The number of aryl methyl sites for hydroxylation is 1. The number of hydrogen-bond donors (Lipinski definition) is 1. The van der Waals surface area contributed by atoms with Crippen molar-refractivity contribution in [2.24, 2.45) is 5.92 Å². The van der Waals surface area contributed by atoms with E-state index in [1.54, 1.807) is 0 Å². The van der Waals surface area contributed by atoms with Crippen LogP contribution in [0.1, 0.15) is 31.0 Å². The van der Waals surface area contributed by atoms with E-state index in [9.17, 15) is 0 Å². The molecule has 1 saturated heterocycles. The predicted molar refractivity (Wildman–Crippen MR) is 100 cm³/mol. The van der Waals surface area contributed by atoms with Gasteiger partial charge in [0.15, 0.2) is 0 Å². The predicted octanol–water partition coefficient (Wildman–Crippen LogP) is 3.79. The first kappa shape index (κ1) is 18.2. The molecular formula is C19H28ClN3. The Morgan fingerprint density at radius 1 is 1.17 bits per heavy atom. The molecule has 4 heteroatoms. The fourth-order valence-corrected chi connectivity index (χ4v) is 3.33. The highest BCUT2D eigenvalue weighted by atomic mass is 35.5. The summed E-state index contributed by atoms with van der Waals surface area (Å²) in [4.78, 5) is 7.17. The number of fused-ring (bicyclic) bond motifs is 1. The topological polar surface area (TPSA) is 28.2 Å². The van der Waals surface area contributed by atoms with Crippen molar-refractivity contribution in [3.8, 4) is 0 Å². The van der Waals surface area contributed by atoms with E-state index < -0.39 is 0 Å². The van der Waals surface area contributed by atoms with Gasteiger partial charge in [-0.15, -0.1) is 12.4 Å². The SMILES string of the molecule is CCNCC1CCN(Cc2ccc3nc(C)ccc3c2)CC1.Cl. The van der Waals surface area contributed by atoms with Gasteiger partial charge < -0.3 is 5.32 Å². The normalized spacial score (nSPS) is 16.4. The lowest BCUT2D eigenvalue weighted by molar-refractivity contribution is 0.176. The molecular weight excluding hydrogens is 306 g/mol. The molecule has 0 radical (unpaired) electrons. The van der Waals surface area contributed by atoms with Crippen LogP contribution >= 0.6 is 12.4 Å². The number of benzene rings is 1. The molecule has 1 N–H and O–H groups in total. The maximum atomic E-state index is 4.58. The number of piperidine rings is 1. The Balaban J connectivity index is 0.00000192. The van der Waals surface area contributed by atoms with Crippen LogP contribution in [0.5, 0.6) is 0 Å². The molecule has 3 rings (SSSR count). The summed E-state index contributed by atoms with van der Waals surface area (Å²) >= 11 is 0. The molecule has 1 aliphatic heterocycles. The van der Waals surface area contributed by atoms with Gasteiger partial charge >= 0.3 is 0 Å². The van der Waals surface area contributed by atoms with Crippen LogP contribution in [0.3, 0.4) is 0 Å². The van der Waals surface area contributed by atoms with Gasteiger partial charge in [0, 0.05) is 17.6 Å². The van der Waals surface area contributed by atoms with E-state index in [4.69, 9.17) is 0 Å². The van der Waals surface area contributed by atoms with Crippen molar-refractivity contribution < 1.29 is 0 Å². The Kier molecular flexibility index (Phi) is 6.82. The first-order chi connectivity index (χ1) is 10.7. The monoisotopic (exact) mass is 333 g/mol. The van der Waals surface area contributed by atoms with Crippen molar-refractivity contribution >= 4 is 23.3 Å². The van der Waals surface area contributed by atoms with Gasteiger partial charge in [-0.3, -0.25) is 9.88 Å². The maximum absolute atomic E-state index is 4.58. The van der Waals surface area contributed by atoms with E-state index in [0.29, 0.717) is 0 Å². The number of rotatable bonds is 5. The van der Waals surface area contributed by atoms with Crippen molar-refractivity contribution in [3.63, 3.8) is 0 Å². The summed E-state index contributed by atoms with van der Waals surface area (Å²) in [6.07, 6.45) is 2.64. The van der Waals surface area contributed by atoms with Crippen LogP contribution in [0, 0.1) is 12.8 Å². The van der Waals surface area contributed by atoms with Gasteiger partial charge in [-0.1, -0.05) is 19.1 Å². The van der Waals surface area contributed by atoms with Crippen LogP contribution in [0.4, 0.5) is 0 Å². The molecule has 23 heavy (non-hydrogen) atoms. The molecule has 0 amide bonds.